The largest absolute Gasteiger partial charge is 0.457 e. The Hall–Kier alpha value is -4.31. The van der Waals surface area contributed by atoms with Gasteiger partial charge in [-0.2, -0.15) is 0 Å². The maximum Gasteiger partial charge on any atom is 0.333 e. The van der Waals surface area contributed by atoms with E-state index in [2.05, 4.69) is 60.0 Å². The molecule has 0 atom stereocenters. The third-order valence-electron chi connectivity index (χ3n) is 4.94. The van der Waals surface area contributed by atoms with E-state index in [4.69, 9.17) is 9.47 Å². The van der Waals surface area contributed by atoms with Gasteiger partial charge in [-0.05, 0) is 59.7 Å². The van der Waals surface area contributed by atoms with Crippen LogP contribution in [0.5, 0.6) is 5.75 Å². The number of carbonyl (C=O) groups is 1. The highest BCUT2D eigenvalue weighted by atomic mass is 16.7. The number of carbonyl (C=O) groups excluding carboxylic acids is 1. The van der Waals surface area contributed by atoms with Gasteiger partial charge in [0.1, 0.15) is 5.75 Å². The second-order valence-electron chi connectivity index (χ2n) is 7.01. The number of anilines is 3. The van der Waals surface area contributed by atoms with Gasteiger partial charge < -0.3 is 14.4 Å². The van der Waals surface area contributed by atoms with Gasteiger partial charge in [-0.25, -0.2) is 4.79 Å². The average molecular weight is 421 g/mol. The molecule has 4 heteroatoms. The standard InChI is InChI=1S/C28H23NO3/c1-2-28(30)32-21-31-27-19-15-23(16-20-27)22-13-17-26(18-14-22)29(24-9-5-3-6-10-24)25-11-7-4-8-12-25/h2-20H,1,21H2. The number of rotatable bonds is 8. The van der Waals surface area contributed by atoms with Gasteiger partial charge in [0.05, 0.1) is 0 Å². The Balaban J connectivity index is 1.53. The lowest BCUT2D eigenvalue weighted by atomic mass is 10.0. The molecule has 0 bridgehead atoms. The molecular formula is C28H23NO3. The summed E-state index contributed by atoms with van der Waals surface area (Å²) in [7, 11) is 0. The van der Waals surface area contributed by atoms with E-state index in [1.54, 1.807) is 0 Å². The topological polar surface area (TPSA) is 38.8 Å². The van der Waals surface area contributed by atoms with E-state index in [0.29, 0.717) is 5.75 Å². The second kappa shape index (κ2) is 10.1. The zero-order valence-corrected chi connectivity index (χ0v) is 17.6. The van der Waals surface area contributed by atoms with Crippen LogP contribution in [-0.2, 0) is 9.53 Å². The first-order chi connectivity index (χ1) is 15.7. The molecule has 0 spiro atoms. The van der Waals surface area contributed by atoms with E-state index in [-0.39, 0.29) is 6.79 Å². The van der Waals surface area contributed by atoms with Crippen LogP contribution in [-0.4, -0.2) is 12.8 Å². The number of ether oxygens (including phenoxy) is 2. The quantitative estimate of drug-likeness (QED) is 0.176. The molecule has 32 heavy (non-hydrogen) atoms. The van der Waals surface area contributed by atoms with Gasteiger partial charge in [-0.15, -0.1) is 0 Å². The summed E-state index contributed by atoms with van der Waals surface area (Å²) < 4.78 is 10.3. The molecule has 4 rings (SSSR count). The fourth-order valence-corrected chi connectivity index (χ4v) is 3.36. The molecule has 0 aliphatic rings. The zero-order chi connectivity index (χ0) is 22.2. The van der Waals surface area contributed by atoms with Crippen LogP contribution in [0.4, 0.5) is 17.1 Å². The summed E-state index contributed by atoms with van der Waals surface area (Å²) in [6.45, 7) is 3.20. The van der Waals surface area contributed by atoms with Crippen molar-refractivity contribution in [3.8, 4) is 16.9 Å². The minimum absolute atomic E-state index is 0.145. The van der Waals surface area contributed by atoms with Gasteiger partial charge in [0.25, 0.3) is 0 Å². The maximum absolute atomic E-state index is 11.1. The first-order valence-corrected chi connectivity index (χ1v) is 10.3. The molecule has 0 N–H and O–H groups in total. The maximum atomic E-state index is 11.1. The van der Waals surface area contributed by atoms with Gasteiger partial charge in [-0.3, -0.25) is 0 Å². The van der Waals surface area contributed by atoms with Gasteiger partial charge >= 0.3 is 5.97 Å². The highest BCUT2D eigenvalue weighted by molar-refractivity contribution is 5.81. The fourth-order valence-electron chi connectivity index (χ4n) is 3.36. The third kappa shape index (κ3) is 5.05. The Morgan fingerprint density at radius 2 is 1.16 bits per heavy atom. The summed E-state index contributed by atoms with van der Waals surface area (Å²) in [5.41, 5.74) is 5.45. The minimum atomic E-state index is -0.512. The number of hydrogen-bond acceptors (Lipinski definition) is 4. The van der Waals surface area contributed by atoms with Crippen LogP contribution in [0.3, 0.4) is 0 Å². The Kier molecular flexibility index (Phi) is 6.63. The Bertz CT molecular complexity index is 1120. The van der Waals surface area contributed by atoms with Crippen LogP contribution in [0.25, 0.3) is 11.1 Å². The van der Waals surface area contributed by atoms with Crippen molar-refractivity contribution in [3.63, 3.8) is 0 Å². The van der Waals surface area contributed by atoms with Crippen molar-refractivity contribution in [2.75, 3.05) is 11.7 Å². The molecular weight excluding hydrogens is 398 g/mol. The summed E-state index contributed by atoms with van der Waals surface area (Å²) in [4.78, 5) is 13.3. The summed E-state index contributed by atoms with van der Waals surface area (Å²) in [6.07, 6.45) is 1.10. The lowest BCUT2D eigenvalue weighted by Gasteiger charge is -2.25. The molecule has 4 nitrogen and oxygen atoms in total. The molecule has 4 aromatic rings. The first-order valence-electron chi connectivity index (χ1n) is 10.3. The van der Waals surface area contributed by atoms with Gasteiger partial charge in [0, 0.05) is 23.1 Å². The Labute approximate surface area is 188 Å². The van der Waals surface area contributed by atoms with E-state index in [1.165, 1.54) is 0 Å². The van der Waals surface area contributed by atoms with E-state index >= 15 is 0 Å². The molecule has 0 radical (unpaired) electrons. The van der Waals surface area contributed by atoms with Gasteiger partial charge in [0.2, 0.25) is 6.79 Å². The van der Waals surface area contributed by atoms with Crippen LogP contribution in [0.1, 0.15) is 0 Å². The molecule has 0 saturated heterocycles. The Morgan fingerprint density at radius 3 is 1.66 bits per heavy atom. The van der Waals surface area contributed by atoms with Crippen molar-refractivity contribution in [1.82, 2.24) is 0 Å². The molecule has 0 amide bonds. The summed E-state index contributed by atoms with van der Waals surface area (Å²) >= 11 is 0. The molecule has 0 aliphatic heterocycles. The van der Waals surface area contributed by atoms with Crippen molar-refractivity contribution in [3.05, 3.63) is 122 Å². The zero-order valence-electron chi connectivity index (χ0n) is 17.6. The van der Waals surface area contributed by atoms with Crippen LogP contribution >= 0.6 is 0 Å². The fraction of sp³-hybridized carbons (Fsp3) is 0.0357. The lowest BCUT2D eigenvalue weighted by Crippen LogP contribution is -2.09. The molecule has 0 heterocycles. The number of hydrogen-bond donors (Lipinski definition) is 0. The summed E-state index contributed by atoms with van der Waals surface area (Å²) in [6, 6.07) is 36.7. The Morgan fingerprint density at radius 1 is 0.688 bits per heavy atom. The van der Waals surface area contributed by atoms with Crippen LogP contribution < -0.4 is 9.64 Å². The second-order valence-corrected chi connectivity index (χ2v) is 7.01. The monoisotopic (exact) mass is 421 g/mol. The number of nitrogens with zero attached hydrogens (tertiary/aromatic N) is 1. The van der Waals surface area contributed by atoms with Crippen molar-refractivity contribution in [2.24, 2.45) is 0 Å². The minimum Gasteiger partial charge on any atom is -0.457 e. The summed E-state index contributed by atoms with van der Waals surface area (Å²) in [5.74, 6) is 0.114. The van der Waals surface area contributed by atoms with Crippen LogP contribution in [0.15, 0.2) is 122 Å². The predicted octanol–water partition coefficient (Wildman–Crippen LogP) is 6.89. The predicted molar refractivity (Wildman–Crippen MR) is 128 cm³/mol. The van der Waals surface area contributed by atoms with Crippen molar-refractivity contribution in [2.45, 2.75) is 0 Å². The smallest absolute Gasteiger partial charge is 0.333 e. The first kappa shape index (κ1) is 20.9. The molecule has 0 fully saturated rings. The number of para-hydroxylation sites is 2. The van der Waals surface area contributed by atoms with E-state index in [1.807, 2.05) is 60.7 Å². The normalized spacial score (nSPS) is 10.2. The highest BCUT2D eigenvalue weighted by Gasteiger charge is 2.11. The van der Waals surface area contributed by atoms with E-state index < -0.39 is 5.97 Å². The molecule has 0 unspecified atom stereocenters. The van der Waals surface area contributed by atoms with Gasteiger partial charge in [0.15, 0.2) is 0 Å². The number of benzene rings is 4. The molecule has 158 valence electrons. The van der Waals surface area contributed by atoms with Gasteiger partial charge in [-0.1, -0.05) is 67.2 Å². The van der Waals surface area contributed by atoms with Crippen molar-refractivity contribution in [1.29, 1.82) is 0 Å². The average Bonchev–Trinajstić information content (AvgIpc) is 2.86. The highest BCUT2D eigenvalue weighted by Crippen LogP contribution is 2.35. The third-order valence-corrected chi connectivity index (χ3v) is 4.94. The molecule has 0 aliphatic carbocycles. The SMILES string of the molecule is C=CC(=O)OCOc1ccc(-c2ccc(N(c3ccccc3)c3ccccc3)cc2)cc1. The van der Waals surface area contributed by atoms with Crippen molar-refractivity contribution >= 4 is 23.0 Å². The van der Waals surface area contributed by atoms with Crippen LogP contribution in [0, 0.1) is 0 Å². The van der Waals surface area contributed by atoms with Crippen molar-refractivity contribution < 1.29 is 14.3 Å². The molecule has 0 saturated carbocycles. The molecule has 0 aromatic heterocycles. The van der Waals surface area contributed by atoms with E-state index in [9.17, 15) is 4.79 Å². The summed E-state index contributed by atoms with van der Waals surface area (Å²) in [5, 5.41) is 0. The lowest BCUT2D eigenvalue weighted by molar-refractivity contribution is -0.144. The molecule has 4 aromatic carbocycles. The van der Waals surface area contributed by atoms with E-state index in [0.717, 1.165) is 34.3 Å². The van der Waals surface area contributed by atoms with Crippen LogP contribution in [0.2, 0.25) is 0 Å². The number of esters is 1.